The van der Waals surface area contributed by atoms with Crippen molar-refractivity contribution in [3.8, 4) is 6.07 Å². The molecule has 0 bridgehead atoms. The second-order valence-corrected chi connectivity index (χ2v) is 5.11. The number of ether oxygens (including phenoxy) is 1. The van der Waals surface area contributed by atoms with E-state index in [0.29, 0.717) is 12.1 Å². The lowest BCUT2D eigenvalue weighted by Gasteiger charge is -2.33. The Labute approximate surface area is 127 Å². The average Bonchev–Trinajstić information content (AvgIpc) is 3.10. The zero-order valence-electron chi connectivity index (χ0n) is 11.9. The van der Waals surface area contributed by atoms with E-state index in [1.165, 1.54) is 6.26 Å². The lowest BCUT2D eigenvalue weighted by atomic mass is 10.1. The van der Waals surface area contributed by atoms with Crippen molar-refractivity contribution >= 4 is 11.8 Å². The molecule has 2 aromatic heterocycles. The van der Waals surface area contributed by atoms with E-state index in [0.717, 1.165) is 25.2 Å². The van der Waals surface area contributed by atoms with Gasteiger partial charge in [-0.15, -0.1) is 0 Å². The molecular formula is C16H15N3O3. The van der Waals surface area contributed by atoms with Crippen LogP contribution in [0, 0.1) is 11.3 Å². The summed E-state index contributed by atoms with van der Waals surface area (Å²) in [7, 11) is 0. The van der Waals surface area contributed by atoms with Crippen molar-refractivity contribution in [3.05, 3.63) is 48.0 Å². The van der Waals surface area contributed by atoms with Gasteiger partial charge in [-0.2, -0.15) is 5.26 Å². The van der Waals surface area contributed by atoms with Crippen molar-refractivity contribution in [2.24, 2.45) is 0 Å². The van der Waals surface area contributed by atoms with Crippen LogP contribution in [0.1, 0.15) is 29.0 Å². The maximum absolute atomic E-state index is 11.9. The molecule has 1 aliphatic heterocycles. The number of aromatic nitrogens is 1. The van der Waals surface area contributed by atoms with Gasteiger partial charge in [-0.1, -0.05) is 0 Å². The highest BCUT2D eigenvalue weighted by molar-refractivity contribution is 5.86. The summed E-state index contributed by atoms with van der Waals surface area (Å²) >= 11 is 0. The number of rotatable bonds is 3. The molecule has 1 atom stereocenters. The Morgan fingerprint density at radius 3 is 3.18 bits per heavy atom. The highest BCUT2D eigenvalue weighted by atomic mass is 16.6. The summed E-state index contributed by atoms with van der Waals surface area (Å²) in [5.74, 6) is 0.495. The number of nitriles is 1. The molecule has 1 fully saturated rings. The molecule has 0 aromatic carbocycles. The highest BCUT2D eigenvalue weighted by Gasteiger charge is 2.25. The van der Waals surface area contributed by atoms with Gasteiger partial charge in [-0.25, -0.2) is 9.78 Å². The minimum atomic E-state index is -0.449. The largest absolute Gasteiger partial charge is 0.457 e. The molecule has 3 heterocycles. The lowest BCUT2D eigenvalue weighted by Crippen LogP contribution is -2.41. The molecule has 22 heavy (non-hydrogen) atoms. The average molecular weight is 297 g/mol. The maximum atomic E-state index is 11.9. The van der Waals surface area contributed by atoms with E-state index in [-0.39, 0.29) is 11.9 Å². The van der Waals surface area contributed by atoms with Gasteiger partial charge in [0.05, 0.1) is 24.4 Å². The Hall–Kier alpha value is -2.81. The number of furan rings is 1. The number of anilines is 1. The molecule has 1 saturated heterocycles. The Kier molecular flexibility index (Phi) is 4.05. The zero-order valence-corrected chi connectivity index (χ0v) is 11.9. The Balaban J connectivity index is 1.66. The summed E-state index contributed by atoms with van der Waals surface area (Å²) in [6, 6.07) is 8.76. The molecule has 112 valence electrons. The van der Waals surface area contributed by atoms with E-state index in [4.69, 9.17) is 14.4 Å². The van der Waals surface area contributed by atoms with Crippen molar-refractivity contribution in [2.75, 3.05) is 18.0 Å². The predicted octanol–water partition coefficient (Wildman–Crippen LogP) is 2.37. The quantitative estimate of drug-likeness (QED) is 0.809. The Morgan fingerprint density at radius 1 is 1.50 bits per heavy atom. The number of pyridine rings is 1. The van der Waals surface area contributed by atoms with Crippen LogP contribution < -0.4 is 4.90 Å². The van der Waals surface area contributed by atoms with E-state index in [1.54, 1.807) is 30.5 Å². The lowest BCUT2D eigenvalue weighted by molar-refractivity contribution is 0.0234. The molecule has 6 heteroatoms. The van der Waals surface area contributed by atoms with Crippen LogP contribution in [-0.2, 0) is 4.74 Å². The summed E-state index contributed by atoms with van der Waals surface area (Å²) in [4.78, 5) is 18.2. The summed E-state index contributed by atoms with van der Waals surface area (Å²) in [6.45, 7) is 1.39. The van der Waals surface area contributed by atoms with Gasteiger partial charge in [0.25, 0.3) is 0 Å². The van der Waals surface area contributed by atoms with Crippen molar-refractivity contribution in [1.29, 1.82) is 5.26 Å². The molecule has 0 spiro atoms. The minimum Gasteiger partial charge on any atom is -0.457 e. The summed E-state index contributed by atoms with van der Waals surface area (Å²) in [6.07, 6.45) is 4.56. The molecule has 1 unspecified atom stereocenters. The fraction of sp³-hybridized carbons (Fsp3) is 0.312. The van der Waals surface area contributed by atoms with Crippen LogP contribution in [0.4, 0.5) is 5.82 Å². The predicted molar refractivity (Wildman–Crippen MR) is 78.3 cm³/mol. The van der Waals surface area contributed by atoms with Gasteiger partial charge in [-0.05, 0) is 37.1 Å². The number of nitrogens with zero attached hydrogens (tertiary/aromatic N) is 3. The van der Waals surface area contributed by atoms with Crippen LogP contribution in [0.25, 0.3) is 0 Å². The van der Waals surface area contributed by atoms with Gasteiger partial charge in [0.15, 0.2) is 0 Å². The number of carbonyl (C=O) groups excluding carboxylic acids is 1. The molecule has 3 rings (SSSR count). The van der Waals surface area contributed by atoms with Gasteiger partial charge in [0.1, 0.15) is 11.9 Å². The number of carbonyl (C=O) groups is 1. The van der Waals surface area contributed by atoms with Gasteiger partial charge in [0.2, 0.25) is 5.76 Å². The van der Waals surface area contributed by atoms with E-state index in [2.05, 4.69) is 11.1 Å². The first-order valence-electron chi connectivity index (χ1n) is 7.12. The zero-order chi connectivity index (χ0) is 15.4. The standard InChI is InChI=1S/C16H15N3O3/c17-10-12-5-6-18-15(9-12)19-7-1-3-13(11-19)22-16(20)14-4-2-8-21-14/h2,4-6,8-9,13H,1,3,7,11H2. The van der Waals surface area contributed by atoms with Gasteiger partial charge < -0.3 is 14.1 Å². The normalized spacial score (nSPS) is 17.8. The molecular weight excluding hydrogens is 282 g/mol. The summed E-state index contributed by atoms with van der Waals surface area (Å²) in [5.41, 5.74) is 0.569. The van der Waals surface area contributed by atoms with Crippen LogP contribution in [0.15, 0.2) is 41.1 Å². The van der Waals surface area contributed by atoms with Crippen LogP contribution in [0.5, 0.6) is 0 Å². The Bertz CT molecular complexity index is 691. The first kappa shape index (κ1) is 14.1. The molecule has 1 aliphatic rings. The molecule has 0 aliphatic carbocycles. The molecule has 0 radical (unpaired) electrons. The number of hydrogen-bond donors (Lipinski definition) is 0. The first-order chi connectivity index (χ1) is 10.8. The van der Waals surface area contributed by atoms with Crippen molar-refractivity contribution in [1.82, 2.24) is 4.98 Å². The third-order valence-corrected chi connectivity index (χ3v) is 3.57. The maximum Gasteiger partial charge on any atom is 0.374 e. The Morgan fingerprint density at radius 2 is 2.41 bits per heavy atom. The summed E-state index contributed by atoms with van der Waals surface area (Å²) in [5, 5.41) is 8.96. The summed E-state index contributed by atoms with van der Waals surface area (Å²) < 4.78 is 10.5. The van der Waals surface area contributed by atoms with Crippen molar-refractivity contribution in [2.45, 2.75) is 18.9 Å². The van der Waals surface area contributed by atoms with Gasteiger partial charge in [-0.3, -0.25) is 0 Å². The SMILES string of the molecule is N#Cc1ccnc(N2CCCC(OC(=O)c3ccco3)C2)c1. The van der Waals surface area contributed by atoms with Crippen LogP contribution in [0.2, 0.25) is 0 Å². The van der Waals surface area contributed by atoms with Gasteiger partial charge >= 0.3 is 5.97 Å². The third kappa shape index (κ3) is 3.09. The second kappa shape index (κ2) is 6.31. The second-order valence-electron chi connectivity index (χ2n) is 5.11. The number of esters is 1. The molecule has 0 amide bonds. The fourth-order valence-corrected chi connectivity index (χ4v) is 2.51. The third-order valence-electron chi connectivity index (χ3n) is 3.57. The van der Waals surface area contributed by atoms with E-state index < -0.39 is 5.97 Å². The molecule has 6 nitrogen and oxygen atoms in total. The van der Waals surface area contributed by atoms with Crippen LogP contribution >= 0.6 is 0 Å². The molecule has 0 N–H and O–H groups in total. The molecule has 0 saturated carbocycles. The van der Waals surface area contributed by atoms with E-state index in [9.17, 15) is 4.79 Å². The van der Waals surface area contributed by atoms with E-state index >= 15 is 0 Å². The monoisotopic (exact) mass is 297 g/mol. The minimum absolute atomic E-state index is 0.209. The first-order valence-corrected chi connectivity index (χ1v) is 7.12. The highest BCUT2D eigenvalue weighted by Crippen LogP contribution is 2.21. The van der Waals surface area contributed by atoms with E-state index in [1.807, 2.05) is 4.90 Å². The van der Waals surface area contributed by atoms with Crippen LogP contribution in [-0.4, -0.2) is 30.1 Å². The van der Waals surface area contributed by atoms with Crippen molar-refractivity contribution < 1.29 is 13.9 Å². The molecule has 2 aromatic rings. The van der Waals surface area contributed by atoms with Gasteiger partial charge in [0, 0.05) is 12.7 Å². The fourth-order valence-electron chi connectivity index (χ4n) is 2.51. The topological polar surface area (TPSA) is 79.4 Å². The number of piperidine rings is 1. The smallest absolute Gasteiger partial charge is 0.374 e. The number of hydrogen-bond acceptors (Lipinski definition) is 6. The van der Waals surface area contributed by atoms with Crippen molar-refractivity contribution in [3.63, 3.8) is 0 Å². The van der Waals surface area contributed by atoms with Crippen LogP contribution in [0.3, 0.4) is 0 Å².